The van der Waals surface area contributed by atoms with E-state index in [1.54, 1.807) is 18.2 Å². The lowest BCUT2D eigenvalue weighted by molar-refractivity contribution is 0.0601. The Labute approximate surface area is 112 Å². The molecule has 19 heavy (non-hydrogen) atoms. The van der Waals surface area contributed by atoms with E-state index in [4.69, 9.17) is 5.26 Å². The number of carbonyl (C=O) groups is 1. The van der Waals surface area contributed by atoms with Crippen molar-refractivity contribution in [2.75, 3.05) is 18.5 Å². The van der Waals surface area contributed by atoms with Gasteiger partial charge in [0.1, 0.15) is 0 Å². The number of methoxy groups -OCH3 is 1. The van der Waals surface area contributed by atoms with Crippen LogP contribution in [0.2, 0.25) is 0 Å². The van der Waals surface area contributed by atoms with Crippen molar-refractivity contribution in [1.29, 1.82) is 5.26 Å². The van der Waals surface area contributed by atoms with Crippen molar-refractivity contribution in [2.24, 2.45) is 0 Å². The molecule has 0 amide bonds. The molecule has 6 nitrogen and oxygen atoms in total. The highest BCUT2D eigenvalue weighted by atomic mass is 32.2. The second-order valence-corrected chi connectivity index (χ2v) is 6.08. The average molecular weight is 282 g/mol. The minimum Gasteiger partial charge on any atom is -0.465 e. The van der Waals surface area contributed by atoms with Crippen LogP contribution in [0.15, 0.2) is 24.3 Å². The number of anilines is 1. The number of rotatable bonds is 4. The van der Waals surface area contributed by atoms with Gasteiger partial charge in [0.2, 0.25) is 0 Å². The molecule has 0 heterocycles. The van der Waals surface area contributed by atoms with Crippen LogP contribution in [-0.4, -0.2) is 33.8 Å². The zero-order valence-corrected chi connectivity index (χ0v) is 11.6. The molecule has 0 saturated heterocycles. The van der Waals surface area contributed by atoms with Crippen LogP contribution in [-0.2, 0) is 14.8 Å². The molecule has 1 aromatic carbocycles. The Morgan fingerprint density at radius 3 is 2.53 bits per heavy atom. The zero-order valence-electron chi connectivity index (χ0n) is 10.8. The van der Waals surface area contributed by atoms with Gasteiger partial charge in [0, 0.05) is 7.05 Å². The van der Waals surface area contributed by atoms with Gasteiger partial charge in [-0.3, -0.25) is 4.31 Å². The third kappa shape index (κ3) is 2.85. The number of ether oxygens (including phenoxy) is 1. The maximum absolute atomic E-state index is 12.1. The van der Waals surface area contributed by atoms with Crippen LogP contribution in [0, 0.1) is 11.3 Å². The largest absolute Gasteiger partial charge is 0.465 e. The molecule has 1 unspecified atom stereocenters. The first-order valence-electron chi connectivity index (χ1n) is 5.41. The van der Waals surface area contributed by atoms with Crippen molar-refractivity contribution < 1.29 is 17.9 Å². The number of benzene rings is 1. The van der Waals surface area contributed by atoms with E-state index >= 15 is 0 Å². The average Bonchev–Trinajstić information content (AvgIpc) is 2.44. The molecule has 1 aromatic rings. The lowest BCUT2D eigenvalue weighted by Crippen LogP contribution is -2.34. The van der Waals surface area contributed by atoms with Gasteiger partial charge in [-0.25, -0.2) is 13.2 Å². The van der Waals surface area contributed by atoms with E-state index in [-0.39, 0.29) is 11.3 Å². The third-order valence-corrected chi connectivity index (χ3v) is 4.62. The normalized spacial score (nSPS) is 12.3. The fourth-order valence-corrected chi connectivity index (χ4v) is 2.51. The van der Waals surface area contributed by atoms with Crippen LogP contribution in [0.4, 0.5) is 5.69 Å². The highest BCUT2D eigenvalue weighted by Gasteiger charge is 2.28. The topological polar surface area (TPSA) is 87.5 Å². The first-order chi connectivity index (χ1) is 8.86. The summed E-state index contributed by atoms with van der Waals surface area (Å²) in [5.74, 6) is -0.637. The van der Waals surface area contributed by atoms with E-state index in [0.717, 1.165) is 4.31 Å². The van der Waals surface area contributed by atoms with Crippen LogP contribution in [0.5, 0.6) is 0 Å². The smallest absolute Gasteiger partial charge is 0.340 e. The molecule has 0 N–H and O–H groups in total. The Hall–Kier alpha value is -2.07. The van der Waals surface area contributed by atoms with Crippen LogP contribution in [0.3, 0.4) is 0 Å². The number of hydrogen-bond acceptors (Lipinski definition) is 5. The van der Waals surface area contributed by atoms with E-state index in [0.29, 0.717) is 0 Å². The van der Waals surface area contributed by atoms with Crippen molar-refractivity contribution >= 4 is 21.7 Å². The number of hydrogen-bond donors (Lipinski definition) is 0. The summed E-state index contributed by atoms with van der Waals surface area (Å²) in [5, 5.41) is 7.54. The van der Waals surface area contributed by atoms with Crippen LogP contribution < -0.4 is 4.31 Å². The fraction of sp³-hybridized carbons (Fsp3) is 0.333. The molecule has 0 radical (unpaired) electrons. The highest BCUT2D eigenvalue weighted by molar-refractivity contribution is 7.93. The van der Waals surface area contributed by atoms with Gasteiger partial charge in [-0.2, -0.15) is 5.26 Å². The fourth-order valence-electron chi connectivity index (χ4n) is 1.47. The lowest BCUT2D eigenvalue weighted by Gasteiger charge is -2.22. The molecule has 0 aliphatic rings. The number of nitriles is 1. The second kappa shape index (κ2) is 5.71. The lowest BCUT2D eigenvalue weighted by atomic mass is 10.2. The van der Waals surface area contributed by atoms with Gasteiger partial charge in [-0.05, 0) is 19.1 Å². The van der Waals surface area contributed by atoms with E-state index in [9.17, 15) is 13.2 Å². The molecule has 0 fully saturated rings. The van der Waals surface area contributed by atoms with E-state index in [1.807, 2.05) is 0 Å². The van der Waals surface area contributed by atoms with Crippen molar-refractivity contribution in [1.82, 2.24) is 0 Å². The molecule has 0 saturated carbocycles. The minimum absolute atomic E-state index is 0.126. The van der Waals surface area contributed by atoms with Crippen LogP contribution >= 0.6 is 0 Å². The molecular formula is C12H14N2O4S. The summed E-state index contributed by atoms with van der Waals surface area (Å²) in [6, 6.07) is 7.82. The van der Waals surface area contributed by atoms with Crippen molar-refractivity contribution in [3.05, 3.63) is 29.8 Å². The molecule has 102 valence electrons. The number of para-hydroxylation sites is 1. The van der Waals surface area contributed by atoms with Gasteiger partial charge in [0.05, 0.1) is 24.4 Å². The van der Waals surface area contributed by atoms with E-state index < -0.39 is 21.2 Å². The monoisotopic (exact) mass is 282 g/mol. The number of sulfonamides is 1. The van der Waals surface area contributed by atoms with E-state index in [2.05, 4.69) is 4.74 Å². The SMILES string of the molecule is COC(=O)c1ccccc1N(C)S(=O)(=O)C(C)C#N. The Morgan fingerprint density at radius 1 is 1.42 bits per heavy atom. The molecule has 0 aliphatic carbocycles. The predicted molar refractivity (Wildman–Crippen MR) is 70.2 cm³/mol. The molecule has 7 heteroatoms. The molecule has 0 aliphatic heterocycles. The Morgan fingerprint density at radius 2 is 2.00 bits per heavy atom. The van der Waals surface area contributed by atoms with Gasteiger partial charge in [0.15, 0.2) is 5.25 Å². The number of carbonyl (C=O) groups excluding carboxylic acids is 1. The molecule has 0 bridgehead atoms. The van der Waals surface area contributed by atoms with E-state index in [1.165, 1.54) is 33.2 Å². The quantitative estimate of drug-likeness (QED) is 0.773. The summed E-state index contributed by atoms with van der Waals surface area (Å²) >= 11 is 0. The summed E-state index contributed by atoms with van der Waals surface area (Å²) in [6.07, 6.45) is 0. The first-order valence-corrected chi connectivity index (χ1v) is 6.91. The first kappa shape index (κ1) is 15.0. The Bertz CT molecular complexity index is 619. The minimum atomic E-state index is -3.84. The van der Waals surface area contributed by atoms with Crippen LogP contribution in [0.25, 0.3) is 0 Å². The highest BCUT2D eigenvalue weighted by Crippen LogP contribution is 2.24. The number of esters is 1. The standard InChI is InChI=1S/C12H14N2O4S/c1-9(8-13)19(16,17)14(2)11-7-5-4-6-10(11)12(15)18-3/h4-7,9H,1-3H3. The van der Waals surface area contributed by atoms with Gasteiger partial charge in [-0.1, -0.05) is 12.1 Å². The summed E-state index contributed by atoms with van der Waals surface area (Å²) < 4.78 is 29.7. The summed E-state index contributed by atoms with van der Waals surface area (Å²) in [7, 11) is -1.33. The maximum Gasteiger partial charge on any atom is 0.340 e. The van der Waals surface area contributed by atoms with Gasteiger partial charge in [0.25, 0.3) is 10.0 Å². The molecule has 1 atom stereocenters. The number of nitrogens with zero attached hydrogens (tertiary/aromatic N) is 2. The van der Waals surface area contributed by atoms with Crippen molar-refractivity contribution in [2.45, 2.75) is 12.2 Å². The molecular weight excluding hydrogens is 268 g/mol. The predicted octanol–water partition coefficient (Wildman–Crippen LogP) is 1.15. The zero-order chi connectivity index (χ0) is 14.6. The van der Waals surface area contributed by atoms with Crippen molar-refractivity contribution in [3.63, 3.8) is 0 Å². The summed E-state index contributed by atoms with van der Waals surface area (Å²) in [5.41, 5.74) is 0.303. The summed E-state index contributed by atoms with van der Waals surface area (Å²) in [6.45, 7) is 1.28. The molecule has 1 rings (SSSR count). The third-order valence-electron chi connectivity index (χ3n) is 2.66. The maximum atomic E-state index is 12.1. The summed E-state index contributed by atoms with van der Waals surface area (Å²) in [4.78, 5) is 11.6. The van der Waals surface area contributed by atoms with Gasteiger partial charge in [-0.15, -0.1) is 0 Å². The van der Waals surface area contributed by atoms with Crippen molar-refractivity contribution in [3.8, 4) is 6.07 Å². The van der Waals surface area contributed by atoms with Gasteiger partial charge >= 0.3 is 5.97 Å². The van der Waals surface area contributed by atoms with Crippen LogP contribution in [0.1, 0.15) is 17.3 Å². The Kier molecular flexibility index (Phi) is 4.51. The second-order valence-electron chi connectivity index (χ2n) is 3.79. The Balaban J connectivity index is 3.33. The molecule has 0 spiro atoms. The van der Waals surface area contributed by atoms with Gasteiger partial charge < -0.3 is 4.74 Å². The molecule has 0 aromatic heterocycles.